The fraction of sp³-hybridized carbons (Fsp3) is 0.958. The van der Waals surface area contributed by atoms with Crippen molar-refractivity contribution < 1.29 is 27.7 Å². The maximum atomic E-state index is 10.1. The highest BCUT2D eigenvalue weighted by Gasteiger charge is 2.16. The predicted octanol–water partition coefficient (Wildman–Crippen LogP) is 5.05. The van der Waals surface area contributed by atoms with Crippen molar-refractivity contribution in [1.29, 1.82) is 0 Å². The summed E-state index contributed by atoms with van der Waals surface area (Å²) in [7, 11) is 0.155. The van der Waals surface area contributed by atoms with Crippen LogP contribution in [0.5, 0.6) is 0 Å². The van der Waals surface area contributed by atoms with Gasteiger partial charge < -0.3 is 19.5 Å². The van der Waals surface area contributed by atoms with E-state index in [1.807, 2.05) is 12.5 Å². The Morgan fingerprint density at radius 3 is 1.97 bits per heavy atom. The number of hydrogen-bond acceptors (Lipinski definition) is 7. The van der Waals surface area contributed by atoms with E-state index >= 15 is 0 Å². The highest BCUT2D eigenvalue weighted by atomic mass is 32.3. The second kappa shape index (κ2) is 22.4. The Morgan fingerprint density at radius 2 is 1.44 bits per heavy atom. The van der Waals surface area contributed by atoms with Gasteiger partial charge >= 0.3 is 0 Å². The number of hydrogen-bond donors (Lipinski definition) is 1. The molecule has 0 bridgehead atoms. The van der Waals surface area contributed by atoms with Crippen molar-refractivity contribution in [3.05, 3.63) is 0 Å². The molecule has 1 unspecified atom stereocenters. The molecule has 0 aliphatic carbocycles. The summed E-state index contributed by atoms with van der Waals surface area (Å²) in [6, 6.07) is 0. The van der Waals surface area contributed by atoms with Gasteiger partial charge in [0, 0.05) is 32.6 Å². The van der Waals surface area contributed by atoms with Gasteiger partial charge in [-0.3, -0.25) is 13.2 Å². The topological polar surface area (TPSA) is 77.5 Å². The number of methoxy groups -OCH3 is 1. The zero-order chi connectivity index (χ0) is 23.9. The molecule has 0 heterocycles. The quantitative estimate of drug-likeness (QED) is 0.111. The molecule has 0 saturated heterocycles. The van der Waals surface area contributed by atoms with Crippen molar-refractivity contribution >= 4 is 17.1 Å². The van der Waals surface area contributed by atoms with Gasteiger partial charge in [0.15, 0.2) is 6.29 Å². The fourth-order valence-corrected chi connectivity index (χ4v) is 4.75. The molecule has 7 nitrogen and oxygen atoms in total. The third-order valence-corrected chi connectivity index (χ3v) is 6.71. The van der Waals surface area contributed by atoms with E-state index in [2.05, 4.69) is 11.8 Å². The molecule has 32 heavy (non-hydrogen) atoms. The zero-order valence-electron chi connectivity index (χ0n) is 21.2. The SMILES string of the molecule is CCCC(OC)OS(C)(C)OCCCCCCN(CCCCO)CCCCCCOC=O. The van der Waals surface area contributed by atoms with E-state index < -0.39 is 10.6 Å². The first-order chi connectivity index (χ1) is 15.5. The Morgan fingerprint density at radius 1 is 0.875 bits per heavy atom. The normalized spacial score (nSPS) is 13.4. The minimum atomic E-state index is -1.53. The third-order valence-electron chi connectivity index (χ3n) is 5.30. The summed E-state index contributed by atoms with van der Waals surface area (Å²) in [5.74, 6) is 0. The van der Waals surface area contributed by atoms with E-state index in [1.54, 1.807) is 7.11 Å². The van der Waals surface area contributed by atoms with Crippen molar-refractivity contribution in [3.8, 4) is 0 Å². The van der Waals surface area contributed by atoms with Gasteiger partial charge in [0.2, 0.25) is 0 Å². The maximum Gasteiger partial charge on any atom is 0.293 e. The van der Waals surface area contributed by atoms with E-state index in [-0.39, 0.29) is 12.9 Å². The lowest BCUT2D eigenvalue weighted by molar-refractivity contribution is -0.128. The molecule has 0 spiro atoms. The highest BCUT2D eigenvalue weighted by molar-refractivity contribution is 8.24. The standard InChI is InChI=1S/C24H51NO6S/c1-5-16-24(28-2)31-32(3,4)30-22-15-9-7-11-18-25(19-12-13-20-26)17-10-6-8-14-21-29-23-27/h23-24,26H,5-22H2,1-4H3. The molecular weight excluding hydrogens is 430 g/mol. The summed E-state index contributed by atoms with van der Waals surface area (Å²) in [5, 5.41) is 9.06. The Bertz CT molecular complexity index is 414. The molecule has 1 atom stereocenters. The summed E-state index contributed by atoms with van der Waals surface area (Å²) in [4.78, 5) is 12.7. The van der Waals surface area contributed by atoms with Gasteiger partial charge in [0.25, 0.3) is 6.47 Å². The summed E-state index contributed by atoms with van der Waals surface area (Å²) >= 11 is 0. The summed E-state index contributed by atoms with van der Waals surface area (Å²) in [5.41, 5.74) is 0. The summed E-state index contributed by atoms with van der Waals surface area (Å²) < 4.78 is 22.1. The third kappa shape index (κ3) is 20.2. The van der Waals surface area contributed by atoms with Crippen LogP contribution in [-0.2, 0) is 22.6 Å². The molecule has 0 aromatic heterocycles. The molecule has 194 valence electrons. The number of nitrogens with zero attached hydrogens (tertiary/aromatic N) is 1. The van der Waals surface area contributed by atoms with Crippen LogP contribution in [0.15, 0.2) is 0 Å². The van der Waals surface area contributed by atoms with E-state index in [4.69, 9.17) is 22.9 Å². The van der Waals surface area contributed by atoms with Crippen molar-refractivity contribution in [3.63, 3.8) is 0 Å². The fourth-order valence-electron chi connectivity index (χ4n) is 3.48. The second-order valence-electron chi connectivity index (χ2n) is 8.58. The molecule has 0 aliphatic heterocycles. The number of ether oxygens (including phenoxy) is 2. The summed E-state index contributed by atoms with van der Waals surface area (Å²) in [6.07, 6.45) is 16.7. The van der Waals surface area contributed by atoms with Crippen LogP contribution < -0.4 is 0 Å². The van der Waals surface area contributed by atoms with Crippen LogP contribution in [0, 0.1) is 0 Å². The van der Waals surface area contributed by atoms with E-state index in [0.717, 1.165) is 71.2 Å². The summed E-state index contributed by atoms with van der Waals surface area (Å²) in [6.45, 7) is 7.47. The monoisotopic (exact) mass is 481 g/mol. The van der Waals surface area contributed by atoms with Gasteiger partial charge in [-0.15, -0.1) is 0 Å². The minimum Gasteiger partial charge on any atom is -0.468 e. The van der Waals surface area contributed by atoms with Crippen molar-refractivity contribution in [1.82, 2.24) is 4.90 Å². The zero-order valence-corrected chi connectivity index (χ0v) is 22.0. The van der Waals surface area contributed by atoms with Crippen molar-refractivity contribution in [2.24, 2.45) is 0 Å². The van der Waals surface area contributed by atoms with Crippen LogP contribution in [0.3, 0.4) is 0 Å². The number of carbonyl (C=O) groups is 1. The number of aliphatic hydroxyl groups excluding tert-OH is 1. The van der Waals surface area contributed by atoms with Gasteiger partial charge in [-0.25, -0.2) is 0 Å². The number of aliphatic hydroxyl groups is 1. The molecule has 0 aliphatic rings. The smallest absolute Gasteiger partial charge is 0.293 e. The Kier molecular flexibility index (Phi) is 22.1. The van der Waals surface area contributed by atoms with Crippen LogP contribution in [-0.4, -0.2) is 81.8 Å². The number of rotatable bonds is 25. The van der Waals surface area contributed by atoms with E-state index in [1.165, 1.54) is 32.1 Å². The first-order valence-electron chi connectivity index (χ1n) is 12.5. The lowest BCUT2D eigenvalue weighted by atomic mass is 10.1. The minimum absolute atomic E-state index is 0.175. The molecule has 0 aromatic carbocycles. The van der Waals surface area contributed by atoms with Crippen LogP contribution in [0.1, 0.15) is 84.0 Å². The molecule has 0 aromatic rings. The molecule has 1 N–H and O–H groups in total. The van der Waals surface area contributed by atoms with Gasteiger partial charge in [-0.05, 0) is 58.2 Å². The molecule has 0 radical (unpaired) electrons. The van der Waals surface area contributed by atoms with Crippen LogP contribution >= 0.6 is 10.6 Å². The van der Waals surface area contributed by atoms with Gasteiger partial charge in [0.1, 0.15) is 0 Å². The van der Waals surface area contributed by atoms with E-state index in [9.17, 15) is 4.79 Å². The molecule has 0 amide bonds. The highest BCUT2D eigenvalue weighted by Crippen LogP contribution is 2.44. The van der Waals surface area contributed by atoms with Gasteiger partial charge in [-0.1, -0.05) is 39.0 Å². The van der Waals surface area contributed by atoms with Gasteiger partial charge in [0.05, 0.1) is 13.2 Å². The van der Waals surface area contributed by atoms with Gasteiger partial charge in [-0.2, -0.15) is 10.6 Å². The largest absolute Gasteiger partial charge is 0.468 e. The van der Waals surface area contributed by atoms with Crippen LogP contribution in [0.2, 0.25) is 0 Å². The molecular formula is C24H51NO6S. The van der Waals surface area contributed by atoms with Crippen molar-refractivity contribution in [2.75, 3.05) is 59.1 Å². The number of unbranched alkanes of at least 4 members (excludes halogenated alkanes) is 7. The lowest BCUT2D eigenvalue weighted by Gasteiger charge is -2.38. The van der Waals surface area contributed by atoms with Crippen LogP contribution in [0.4, 0.5) is 0 Å². The average Bonchev–Trinajstić information content (AvgIpc) is 2.76. The van der Waals surface area contributed by atoms with E-state index in [0.29, 0.717) is 13.1 Å². The molecule has 0 saturated carbocycles. The average molecular weight is 482 g/mol. The molecule has 8 heteroatoms. The predicted molar refractivity (Wildman–Crippen MR) is 134 cm³/mol. The second-order valence-corrected chi connectivity index (χ2v) is 11.3. The first-order valence-corrected chi connectivity index (χ1v) is 14.8. The Balaban J connectivity index is 3.93. The molecule has 0 fully saturated rings. The molecule has 0 rings (SSSR count). The Labute approximate surface area is 199 Å². The maximum absolute atomic E-state index is 10.1. The Hall–Kier alpha value is -0.380. The van der Waals surface area contributed by atoms with Crippen molar-refractivity contribution in [2.45, 2.75) is 90.3 Å². The number of carbonyl (C=O) groups excluding carboxylic acids is 1. The lowest BCUT2D eigenvalue weighted by Crippen LogP contribution is -2.27. The van der Waals surface area contributed by atoms with Crippen LogP contribution in [0.25, 0.3) is 0 Å². The first kappa shape index (κ1) is 31.6.